The van der Waals surface area contributed by atoms with Crippen molar-refractivity contribution in [1.82, 2.24) is 5.48 Å². The van der Waals surface area contributed by atoms with E-state index in [4.69, 9.17) is 4.84 Å². The van der Waals surface area contributed by atoms with Crippen molar-refractivity contribution in [2.24, 2.45) is 0 Å². The number of amides is 1. The molecule has 0 aliphatic rings. The van der Waals surface area contributed by atoms with Gasteiger partial charge < -0.3 is 5.32 Å². The van der Waals surface area contributed by atoms with E-state index in [1.165, 1.54) is 12.1 Å². The molecule has 0 bridgehead atoms. The van der Waals surface area contributed by atoms with Gasteiger partial charge in [-0.3, -0.25) is 9.63 Å². The van der Waals surface area contributed by atoms with Gasteiger partial charge in [-0.05, 0) is 43.7 Å². The first-order chi connectivity index (χ1) is 11.7. The lowest BCUT2D eigenvalue weighted by Gasteiger charge is -2.26. The van der Waals surface area contributed by atoms with Gasteiger partial charge in [-0.1, -0.05) is 30.3 Å². The maximum Gasteiger partial charge on any atom is 0.416 e. The number of carbonyl (C=O) groups excluding carboxylic acids is 1. The van der Waals surface area contributed by atoms with Crippen molar-refractivity contribution in [3.8, 4) is 0 Å². The predicted octanol–water partition coefficient (Wildman–Crippen LogP) is 4.14. The summed E-state index contributed by atoms with van der Waals surface area (Å²) in [4.78, 5) is 17.4. The van der Waals surface area contributed by atoms with E-state index in [-0.39, 0.29) is 6.61 Å². The second-order valence-electron chi connectivity index (χ2n) is 6.03. The van der Waals surface area contributed by atoms with E-state index in [1.54, 1.807) is 13.8 Å². The summed E-state index contributed by atoms with van der Waals surface area (Å²) in [7, 11) is 0. The van der Waals surface area contributed by atoms with Crippen molar-refractivity contribution in [2.75, 3.05) is 5.32 Å². The third-order valence-electron chi connectivity index (χ3n) is 3.48. The third-order valence-corrected chi connectivity index (χ3v) is 3.48. The molecule has 0 fully saturated rings. The monoisotopic (exact) mass is 352 g/mol. The fourth-order valence-corrected chi connectivity index (χ4v) is 2.05. The van der Waals surface area contributed by atoms with E-state index >= 15 is 0 Å². The number of nitrogens with one attached hydrogen (secondary N) is 2. The number of hydroxylamine groups is 1. The minimum Gasteiger partial charge on any atom is -0.372 e. The summed E-state index contributed by atoms with van der Waals surface area (Å²) in [5, 5.41) is 2.89. The van der Waals surface area contributed by atoms with E-state index < -0.39 is 23.2 Å². The van der Waals surface area contributed by atoms with E-state index in [9.17, 15) is 18.0 Å². The number of rotatable bonds is 6. The number of benzene rings is 2. The van der Waals surface area contributed by atoms with Crippen LogP contribution in [0.4, 0.5) is 18.9 Å². The Morgan fingerprint density at radius 1 is 1.00 bits per heavy atom. The quantitative estimate of drug-likeness (QED) is 0.768. The molecule has 0 radical (unpaired) electrons. The molecule has 0 unspecified atom stereocenters. The maximum absolute atomic E-state index is 12.6. The smallest absolute Gasteiger partial charge is 0.372 e. The fraction of sp³-hybridized carbons (Fsp3) is 0.278. The Balaban J connectivity index is 1.90. The molecule has 0 atom stereocenters. The van der Waals surface area contributed by atoms with E-state index in [2.05, 4.69) is 10.8 Å². The highest BCUT2D eigenvalue weighted by atomic mass is 19.4. The molecule has 134 valence electrons. The molecule has 0 aliphatic carbocycles. The Kier molecular flexibility index (Phi) is 5.69. The summed E-state index contributed by atoms with van der Waals surface area (Å²) >= 11 is 0. The molecule has 25 heavy (non-hydrogen) atoms. The molecule has 0 aliphatic heterocycles. The number of alkyl halides is 3. The Hall–Kier alpha value is -2.54. The third kappa shape index (κ3) is 5.49. The second kappa shape index (κ2) is 7.57. The lowest BCUT2D eigenvalue weighted by molar-refractivity contribution is -0.138. The number of anilines is 1. The van der Waals surface area contributed by atoms with Gasteiger partial charge >= 0.3 is 6.18 Å². The van der Waals surface area contributed by atoms with Crippen LogP contribution >= 0.6 is 0 Å². The van der Waals surface area contributed by atoms with Crippen LogP contribution in [0.2, 0.25) is 0 Å². The molecule has 2 rings (SSSR count). The van der Waals surface area contributed by atoms with Crippen molar-refractivity contribution in [3.05, 3.63) is 65.7 Å². The molecule has 0 saturated heterocycles. The maximum atomic E-state index is 12.6. The van der Waals surface area contributed by atoms with Gasteiger partial charge in [0.05, 0.1) is 12.2 Å². The molecule has 2 N–H and O–H groups in total. The lowest BCUT2D eigenvalue weighted by atomic mass is 10.0. The molecule has 0 spiro atoms. The minimum atomic E-state index is -4.39. The van der Waals surface area contributed by atoms with Crippen LogP contribution in [0.15, 0.2) is 54.6 Å². The van der Waals surface area contributed by atoms with Crippen LogP contribution < -0.4 is 10.8 Å². The SMILES string of the molecule is CC(C)(Nc1ccc(C(F)(F)F)cc1)C(=O)NOCc1ccccc1. The zero-order valence-corrected chi connectivity index (χ0v) is 13.9. The number of carbonyl (C=O) groups is 1. The van der Waals surface area contributed by atoms with E-state index in [0.717, 1.165) is 17.7 Å². The first kappa shape index (κ1) is 18.8. The number of halogens is 3. The van der Waals surface area contributed by atoms with Crippen LogP contribution in [-0.4, -0.2) is 11.4 Å². The summed E-state index contributed by atoms with van der Waals surface area (Å²) in [6.07, 6.45) is -4.39. The zero-order valence-electron chi connectivity index (χ0n) is 13.9. The number of hydrogen-bond donors (Lipinski definition) is 2. The molecule has 7 heteroatoms. The highest BCUT2D eigenvalue weighted by Crippen LogP contribution is 2.30. The molecule has 2 aromatic carbocycles. The molecule has 1 amide bonds. The first-order valence-corrected chi connectivity index (χ1v) is 7.60. The average Bonchev–Trinajstić information content (AvgIpc) is 2.55. The van der Waals surface area contributed by atoms with Crippen LogP contribution in [-0.2, 0) is 22.4 Å². The second-order valence-corrected chi connectivity index (χ2v) is 6.03. The lowest BCUT2D eigenvalue weighted by Crippen LogP contribution is -2.47. The van der Waals surface area contributed by atoms with E-state index in [1.807, 2.05) is 30.3 Å². The topological polar surface area (TPSA) is 50.4 Å². The van der Waals surface area contributed by atoms with Crippen molar-refractivity contribution in [1.29, 1.82) is 0 Å². The summed E-state index contributed by atoms with van der Waals surface area (Å²) in [5.41, 5.74) is 1.83. The van der Waals surface area contributed by atoms with Crippen molar-refractivity contribution >= 4 is 11.6 Å². The zero-order chi connectivity index (χ0) is 18.5. The summed E-state index contributed by atoms with van der Waals surface area (Å²) in [6.45, 7) is 3.42. The van der Waals surface area contributed by atoms with Gasteiger partial charge in [0, 0.05) is 5.69 Å². The Morgan fingerprint density at radius 3 is 2.16 bits per heavy atom. The summed E-state index contributed by atoms with van der Waals surface area (Å²) in [5.74, 6) is -0.441. The van der Waals surface area contributed by atoms with Crippen LogP contribution in [0.5, 0.6) is 0 Å². The van der Waals surface area contributed by atoms with Crippen LogP contribution in [0.25, 0.3) is 0 Å². The highest BCUT2D eigenvalue weighted by Gasteiger charge is 2.31. The normalized spacial score (nSPS) is 11.9. The first-order valence-electron chi connectivity index (χ1n) is 7.60. The Labute approximate surface area is 144 Å². The molecule has 0 aromatic heterocycles. The molecule has 0 saturated carbocycles. The fourth-order valence-electron chi connectivity index (χ4n) is 2.05. The van der Waals surface area contributed by atoms with Crippen molar-refractivity contribution in [3.63, 3.8) is 0 Å². The Morgan fingerprint density at radius 2 is 1.60 bits per heavy atom. The standard InChI is InChI=1S/C18H19F3N2O2/c1-17(2,16(24)23-25-12-13-6-4-3-5-7-13)22-15-10-8-14(9-11-15)18(19,20)21/h3-11,22H,12H2,1-2H3,(H,23,24). The average molecular weight is 352 g/mol. The number of hydrogen-bond acceptors (Lipinski definition) is 3. The van der Waals surface area contributed by atoms with Crippen molar-refractivity contribution in [2.45, 2.75) is 32.2 Å². The highest BCUT2D eigenvalue weighted by molar-refractivity contribution is 5.87. The van der Waals surface area contributed by atoms with Crippen molar-refractivity contribution < 1.29 is 22.8 Å². The van der Waals surface area contributed by atoms with E-state index in [0.29, 0.717) is 5.69 Å². The Bertz CT molecular complexity index is 699. The van der Waals surface area contributed by atoms with Gasteiger partial charge in [0.1, 0.15) is 5.54 Å². The predicted molar refractivity (Wildman–Crippen MR) is 88.5 cm³/mol. The molecule has 4 nitrogen and oxygen atoms in total. The molecular weight excluding hydrogens is 333 g/mol. The van der Waals surface area contributed by atoms with Crippen LogP contribution in [0, 0.1) is 0 Å². The van der Waals surface area contributed by atoms with Gasteiger partial charge in [-0.15, -0.1) is 0 Å². The van der Waals surface area contributed by atoms with Gasteiger partial charge in [0.2, 0.25) is 0 Å². The summed E-state index contributed by atoms with van der Waals surface area (Å²) < 4.78 is 37.7. The summed E-state index contributed by atoms with van der Waals surface area (Å²) in [6, 6.07) is 13.8. The van der Waals surface area contributed by atoms with Gasteiger partial charge in [0.25, 0.3) is 5.91 Å². The van der Waals surface area contributed by atoms with Gasteiger partial charge in [-0.25, -0.2) is 5.48 Å². The molecular formula is C18H19F3N2O2. The minimum absolute atomic E-state index is 0.211. The van der Waals surface area contributed by atoms with Crippen LogP contribution in [0.1, 0.15) is 25.0 Å². The molecule has 0 heterocycles. The van der Waals surface area contributed by atoms with Gasteiger partial charge in [-0.2, -0.15) is 13.2 Å². The van der Waals surface area contributed by atoms with Crippen LogP contribution in [0.3, 0.4) is 0 Å². The largest absolute Gasteiger partial charge is 0.416 e. The molecule has 2 aromatic rings. The van der Waals surface area contributed by atoms with Gasteiger partial charge in [0.15, 0.2) is 0 Å².